The first-order valence-electron chi connectivity index (χ1n) is 5.33. The number of carbonyl (C=O) groups is 2. The van der Waals surface area contributed by atoms with E-state index < -0.39 is 21.7 Å². The molecule has 0 saturated heterocycles. The molecule has 0 unspecified atom stereocenters. The summed E-state index contributed by atoms with van der Waals surface area (Å²) in [6, 6.07) is 4.28. The number of anilines is 1. The van der Waals surface area contributed by atoms with Gasteiger partial charge in [-0.05, 0) is 12.1 Å². The lowest BCUT2D eigenvalue weighted by atomic mass is 10.2. The van der Waals surface area contributed by atoms with Gasteiger partial charge in [-0.2, -0.15) is 0 Å². The number of amides is 1. The van der Waals surface area contributed by atoms with E-state index in [-0.39, 0.29) is 28.6 Å². The number of aliphatic carboxylic acids is 1. The normalized spacial score (nSPS) is 16.6. The molecule has 7 nitrogen and oxygen atoms in total. The van der Waals surface area contributed by atoms with Gasteiger partial charge in [0.15, 0.2) is 9.84 Å². The summed E-state index contributed by atoms with van der Waals surface area (Å²) in [6.07, 6.45) is 0. The molecular weight excluding hydrogens is 274 g/mol. The van der Waals surface area contributed by atoms with Crippen LogP contribution in [0.5, 0.6) is 5.75 Å². The topological polar surface area (TPSA) is 101 Å². The van der Waals surface area contributed by atoms with Crippen molar-refractivity contribution in [2.75, 3.05) is 24.3 Å². The van der Waals surface area contributed by atoms with Gasteiger partial charge in [0.1, 0.15) is 11.4 Å². The predicted molar refractivity (Wildman–Crippen MR) is 65.0 cm³/mol. The number of hydrogen-bond donors (Lipinski definition) is 1. The minimum atomic E-state index is -3.53. The molecule has 1 amide bonds. The monoisotopic (exact) mass is 285 g/mol. The summed E-state index contributed by atoms with van der Waals surface area (Å²) in [5.74, 6) is -2.99. The lowest BCUT2D eigenvalue weighted by Crippen LogP contribution is -2.43. The Labute approximate surface area is 109 Å². The zero-order valence-electron chi connectivity index (χ0n) is 9.99. The van der Waals surface area contributed by atoms with Gasteiger partial charge in [-0.25, -0.2) is 13.2 Å². The van der Waals surface area contributed by atoms with Gasteiger partial charge in [-0.1, -0.05) is 6.07 Å². The van der Waals surface area contributed by atoms with Crippen molar-refractivity contribution in [3.05, 3.63) is 18.2 Å². The third-order valence-corrected chi connectivity index (χ3v) is 4.52. The third-order valence-electron chi connectivity index (χ3n) is 2.80. The summed E-state index contributed by atoms with van der Waals surface area (Å²) in [4.78, 5) is 23.2. The molecule has 0 saturated carbocycles. The molecule has 0 fully saturated rings. The van der Waals surface area contributed by atoms with Crippen LogP contribution in [0.2, 0.25) is 0 Å². The standard InChI is InChI=1S/C11H11NO6S/c1-18-7-3-2-4-8-9(7)12(10(13)11(14)15)5-6-19(8,16)17/h2-4H,5-6H2,1H3,(H,14,15). The molecule has 2 rings (SSSR count). The molecule has 1 N–H and O–H groups in total. The highest BCUT2D eigenvalue weighted by Gasteiger charge is 2.36. The number of rotatable bonds is 1. The van der Waals surface area contributed by atoms with Crippen LogP contribution in [0.4, 0.5) is 5.69 Å². The average molecular weight is 285 g/mol. The van der Waals surface area contributed by atoms with Gasteiger partial charge in [0.2, 0.25) is 0 Å². The lowest BCUT2D eigenvalue weighted by molar-refractivity contribution is -0.148. The Morgan fingerprint density at radius 1 is 1.37 bits per heavy atom. The van der Waals surface area contributed by atoms with E-state index in [1.54, 1.807) is 0 Å². The molecule has 0 atom stereocenters. The first-order valence-corrected chi connectivity index (χ1v) is 6.98. The second-order valence-corrected chi connectivity index (χ2v) is 5.97. The summed E-state index contributed by atoms with van der Waals surface area (Å²) in [7, 11) is -2.21. The van der Waals surface area contributed by atoms with E-state index in [4.69, 9.17) is 9.84 Å². The van der Waals surface area contributed by atoms with Crippen molar-refractivity contribution in [1.29, 1.82) is 0 Å². The third kappa shape index (κ3) is 2.14. The van der Waals surface area contributed by atoms with Crippen LogP contribution in [-0.2, 0) is 19.4 Å². The van der Waals surface area contributed by atoms with Gasteiger partial charge < -0.3 is 9.84 Å². The summed E-state index contributed by atoms with van der Waals surface area (Å²) in [5, 5.41) is 8.77. The Bertz CT molecular complexity index is 651. The molecule has 1 aliphatic rings. The van der Waals surface area contributed by atoms with Gasteiger partial charge in [-0.15, -0.1) is 0 Å². The van der Waals surface area contributed by atoms with Gasteiger partial charge in [0.25, 0.3) is 0 Å². The molecule has 1 aromatic rings. The maximum Gasteiger partial charge on any atom is 0.394 e. The van der Waals surface area contributed by atoms with Crippen LogP contribution in [0.15, 0.2) is 23.1 Å². The summed E-state index contributed by atoms with van der Waals surface area (Å²) in [5.41, 5.74) is -0.0105. The van der Waals surface area contributed by atoms with Crippen molar-refractivity contribution in [3.8, 4) is 5.75 Å². The predicted octanol–water partition coefficient (Wildman–Crippen LogP) is -0.0999. The number of sulfone groups is 1. The first kappa shape index (κ1) is 13.3. The molecular formula is C11H11NO6S. The molecule has 19 heavy (non-hydrogen) atoms. The zero-order chi connectivity index (χ0) is 14.2. The van der Waals surface area contributed by atoms with E-state index >= 15 is 0 Å². The van der Waals surface area contributed by atoms with Crippen LogP contribution in [0.25, 0.3) is 0 Å². The maximum absolute atomic E-state index is 11.9. The molecule has 1 aliphatic heterocycles. The Hall–Kier alpha value is -2.09. The summed E-state index contributed by atoms with van der Waals surface area (Å²) < 4.78 is 28.9. The molecule has 0 aliphatic carbocycles. The smallest absolute Gasteiger partial charge is 0.394 e. The molecule has 0 aromatic heterocycles. The Balaban J connectivity index is 2.68. The molecule has 102 valence electrons. The second kappa shape index (κ2) is 4.54. The van der Waals surface area contributed by atoms with Gasteiger partial charge in [-0.3, -0.25) is 9.69 Å². The number of methoxy groups -OCH3 is 1. The van der Waals surface area contributed by atoms with E-state index in [0.717, 1.165) is 4.90 Å². The fourth-order valence-electron chi connectivity index (χ4n) is 1.94. The van der Waals surface area contributed by atoms with Crippen LogP contribution in [0.3, 0.4) is 0 Å². The molecule has 0 bridgehead atoms. The van der Waals surface area contributed by atoms with Crippen LogP contribution >= 0.6 is 0 Å². The molecule has 0 radical (unpaired) electrons. The lowest BCUT2D eigenvalue weighted by Gasteiger charge is -2.29. The van der Waals surface area contributed by atoms with Crippen molar-refractivity contribution in [1.82, 2.24) is 0 Å². The molecule has 0 spiro atoms. The second-order valence-electron chi connectivity index (χ2n) is 3.89. The minimum Gasteiger partial charge on any atom is -0.495 e. The zero-order valence-corrected chi connectivity index (χ0v) is 10.8. The first-order chi connectivity index (χ1) is 8.88. The van der Waals surface area contributed by atoms with Gasteiger partial charge in [0.05, 0.1) is 17.8 Å². The molecule has 8 heteroatoms. The number of fused-ring (bicyclic) bond motifs is 1. The van der Waals surface area contributed by atoms with E-state index in [1.807, 2.05) is 0 Å². The fraction of sp³-hybridized carbons (Fsp3) is 0.273. The van der Waals surface area contributed by atoms with E-state index in [1.165, 1.54) is 25.3 Å². The van der Waals surface area contributed by atoms with Crippen molar-refractivity contribution in [2.24, 2.45) is 0 Å². The summed E-state index contributed by atoms with van der Waals surface area (Å²) >= 11 is 0. The van der Waals surface area contributed by atoms with E-state index in [0.29, 0.717) is 0 Å². The largest absolute Gasteiger partial charge is 0.495 e. The number of carboxylic acid groups (broad SMARTS) is 1. The number of benzene rings is 1. The van der Waals surface area contributed by atoms with Gasteiger partial charge >= 0.3 is 11.9 Å². The maximum atomic E-state index is 11.9. The highest BCUT2D eigenvalue weighted by Crippen LogP contribution is 2.38. The minimum absolute atomic E-state index is 0.0105. The Kier molecular flexibility index (Phi) is 3.19. The van der Waals surface area contributed by atoms with E-state index in [2.05, 4.69) is 0 Å². The number of carbonyl (C=O) groups excluding carboxylic acids is 1. The average Bonchev–Trinajstić information content (AvgIpc) is 2.37. The number of nitrogens with zero attached hydrogens (tertiary/aromatic N) is 1. The van der Waals surface area contributed by atoms with Crippen LogP contribution < -0.4 is 9.64 Å². The van der Waals surface area contributed by atoms with Crippen molar-refractivity contribution in [2.45, 2.75) is 4.90 Å². The Morgan fingerprint density at radius 3 is 2.63 bits per heavy atom. The highest BCUT2D eigenvalue weighted by molar-refractivity contribution is 7.91. The van der Waals surface area contributed by atoms with Crippen LogP contribution in [0, 0.1) is 0 Å². The van der Waals surface area contributed by atoms with Crippen LogP contribution in [0.1, 0.15) is 0 Å². The quantitative estimate of drug-likeness (QED) is 0.723. The number of carboxylic acids is 1. The van der Waals surface area contributed by atoms with E-state index in [9.17, 15) is 18.0 Å². The van der Waals surface area contributed by atoms with Crippen LogP contribution in [-0.4, -0.2) is 44.8 Å². The van der Waals surface area contributed by atoms with Gasteiger partial charge in [0, 0.05) is 6.54 Å². The number of para-hydroxylation sites is 1. The van der Waals surface area contributed by atoms with Crippen molar-refractivity contribution in [3.63, 3.8) is 0 Å². The summed E-state index contributed by atoms with van der Waals surface area (Å²) in [6.45, 7) is -0.208. The molecule has 1 aromatic carbocycles. The number of ether oxygens (including phenoxy) is 1. The highest BCUT2D eigenvalue weighted by atomic mass is 32.2. The Morgan fingerprint density at radius 2 is 2.05 bits per heavy atom. The van der Waals surface area contributed by atoms with Crippen molar-refractivity contribution >= 4 is 27.4 Å². The van der Waals surface area contributed by atoms with Crippen molar-refractivity contribution < 1.29 is 27.9 Å². The SMILES string of the molecule is COc1cccc2c1N(C(=O)C(=O)O)CCS2(=O)=O. The number of hydrogen-bond acceptors (Lipinski definition) is 5. The fourth-order valence-corrected chi connectivity index (χ4v) is 3.37. The molecule has 1 heterocycles.